The number of carbonyl (C=O) groups excluding carboxylic acids is 1. The Kier molecular flexibility index (Phi) is 6.92. The Morgan fingerprint density at radius 2 is 2.15 bits per heavy atom. The van der Waals surface area contributed by atoms with Gasteiger partial charge in [0, 0.05) is 12.6 Å². The Labute approximate surface area is 123 Å². The molecule has 0 spiro atoms. The molecule has 1 heterocycles. The van der Waals surface area contributed by atoms with Crippen LogP contribution < -0.4 is 11.1 Å². The van der Waals surface area contributed by atoms with Gasteiger partial charge in [-0.15, -0.1) is 0 Å². The predicted molar refractivity (Wildman–Crippen MR) is 83.7 cm³/mol. The molecule has 1 aliphatic rings. The molecule has 118 valence electrons. The molecule has 1 amide bonds. The molecular weight excluding hydrogens is 252 g/mol. The van der Waals surface area contributed by atoms with E-state index in [1.165, 1.54) is 19.4 Å². The number of nitrogens with zero attached hydrogens (tertiary/aromatic N) is 2. The van der Waals surface area contributed by atoms with Crippen LogP contribution in [0.3, 0.4) is 0 Å². The lowest BCUT2D eigenvalue weighted by Gasteiger charge is -2.28. The van der Waals surface area contributed by atoms with Crippen LogP contribution in [0.25, 0.3) is 0 Å². The maximum atomic E-state index is 11.4. The van der Waals surface area contributed by atoms with Crippen LogP contribution in [0.4, 0.5) is 0 Å². The predicted octanol–water partition coefficient (Wildman–Crippen LogP) is 0.646. The summed E-state index contributed by atoms with van der Waals surface area (Å²) in [6.45, 7) is 5.39. The zero-order valence-electron chi connectivity index (χ0n) is 13.6. The maximum absolute atomic E-state index is 11.4. The monoisotopic (exact) mass is 284 g/mol. The van der Waals surface area contributed by atoms with E-state index in [-0.39, 0.29) is 5.91 Å². The van der Waals surface area contributed by atoms with Gasteiger partial charge in [-0.05, 0) is 73.3 Å². The molecule has 0 aromatic rings. The van der Waals surface area contributed by atoms with E-state index >= 15 is 0 Å². The van der Waals surface area contributed by atoms with Crippen LogP contribution in [0.2, 0.25) is 0 Å². The van der Waals surface area contributed by atoms with E-state index < -0.39 is 5.54 Å². The summed E-state index contributed by atoms with van der Waals surface area (Å²) in [5.74, 6) is -0.258. The standard InChI is InChI=1S/C15H32N4O/c1-15(17-2,14(16)20)9-5-6-10-19-11-7-8-13(19)12-18(3)4/h13,17H,5-12H2,1-4H3,(H2,16,20). The number of carbonyl (C=O) groups is 1. The Bertz CT molecular complexity index is 308. The molecule has 0 radical (unpaired) electrons. The van der Waals surface area contributed by atoms with E-state index in [0.717, 1.165) is 32.4 Å². The second-order valence-electron chi connectivity index (χ2n) is 6.50. The fourth-order valence-corrected chi connectivity index (χ4v) is 2.98. The number of unbranched alkanes of at least 4 members (excludes halogenated alkanes) is 1. The highest BCUT2D eigenvalue weighted by Gasteiger charge is 2.29. The van der Waals surface area contributed by atoms with Crippen molar-refractivity contribution in [3.05, 3.63) is 0 Å². The van der Waals surface area contributed by atoms with Gasteiger partial charge in [0.15, 0.2) is 0 Å². The van der Waals surface area contributed by atoms with Gasteiger partial charge in [0.25, 0.3) is 0 Å². The summed E-state index contributed by atoms with van der Waals surface area (Å²) in [5.41, 5.74) is 4.88. The van der Waals surface area contributed by atoms with Gasteiger partial charge in [0.1, 0.15) is 0 Å². The molecule has 1 rings (SSSR count). The summed E-state index contributed by atoms with van der Waals surface area (Å²) >= 11 is 0. The van der Waals surface area contributed by atoms with E-state index in [2.05, 4.69) is 29.2 Å². The summed E-state index contributed by atoms with van der Waals surface area (Å²) in [6, 6.07) is 0.705. The molecule has 0 bridgehead atoms. The lowest BCUT2D eigenvalue weighted by molar-refractivity contribution is -0.123. The van der Waals surface area contributed by atoms with Crippen molar-refractivity contribution in [2.24, 2.45) is 5.73 Å². The second-order valence-corrected chi connectivity index (χ2v) is 6.50. The van der Waals surface area contributed by atoms with Crippen LogP contribution in [0.15, 0.2) is 0 Å². The van der Waals surface area contributed by atoms with Crippen LogP contribution >= 0.6 is 0 Å². The van der Waals surface area contributed by atoms with Crippen LogP contribution in [0.1, 0.15) is 39.0 Å². The van der Waals surface area contributed by atoms with Crippen LogP contribution in [-0.4, -0.2) is 68.1 Å². The first-order valence-corrected chi connectivity index (χ1v) is 7.76. The van der Waals surface area contributed by atoms with Crippen LogP contribution in [0, 0.1) is 0 Å². The Morgan fingerprint density at radius 1 is 1.45 bits per heavy atom. The third kappa shape index (κ3) is 5.04. The smallest absolute Gasteiger partial charge is 0.237 e. The molecule has 1 aliphatic heterocycles. The third-order valence-corrected chi connectivity index (χ3v) is 4.54. The lowest BCUT2D eigenvalue weighted by atomic mass is 9.94. The molecule has 5 heteroatoms. The zero-order chi connectivity index (χ0) is 15.2. The highest BCUT2D eigenvalue weighted by atomic mass is 16.1. The average Bonchev–Trinajstić information content (AvgIpc) is 2.80. The third-order valence-electron chi connectivity index (χ3n) is 4.54. The van der Waals surface area contributed by atoms with Gasteiger partial charge in [0.05, 0.1) is 5.54 Å². The van der Waals surface area contributed by atoms with Gasteiger partial charge in [-0.2, -0.15) is 0 Å². The fraction of sp³-hybridized carbons (Fsp3) is 0.933. The first-order valence-electron chi connectivity index (χ1n) is 7.76. The molecule has 3 N–H and O–H groups in total. The summed E-state index contributed by atoms with van der Waals surface area (Å²) in [7, 11) is 6.09. The highest BCUT2D eigenvalue weighted by Crippen LogP contribution is 2.19. The first kappa shape index (κ1) is 17.4. The Balaban J connectivity index is 2.28. The van der Waals surface area contributed by atoms with E-state index in [9.17, 15) is 4.79 Å². The van der Waals surface area contributed by atoms with Gasteiger partial charge in [-0.3, -0.25) is 9.69 Å². The largest absolute Gasteiger partial charge is 0.368 e. The molecule has 2 unspecified atom stereocenters. The number of hydrogen-bond acceptors (Lipinski definition) is 4. The SMILES string of the molecule is CNC(C)(CCCCN1CCCC1CN(C)C)C(N)=O. The minimum Gasteiger partial charge on any atom is -0.368 e. The zero-order valence-corrected chi connectivity index (χ0v) is 13.6. The van der Waals surface area contributed by atoms with Crippen molar-refractivity contribution in [1.82, 2.24) is 15.1 Å². The van der Waals surface area contributed by atoms with Crippen molar-refractivity contribution < 1.29 is 4.79 Å². The van der Waals surface area contributed by atoms with Crippen LogP contribution in [0.5, 0.6) is 0 Å². The molecule has 2 atom stereocenters. The van der Waals surface area contributed by atoms with E-state index in [1.54, 1.807) is 7.05 Å². The van der Waals surface area contributed by atoms with Crippen molar-refractivity contribution in [2.45, 2.75) is 50.6 Å². The van der Waals surface area contributed by atoms with Gasteiger partial charge in [-0.25, -0.2) is 0 Å². The van der Waals surface area contributed by atoms with Gasteiger partial charge in [-0.1, -0.05) is 0 Å². The molecule has 0 aliphatic carbocycles. The Morgan fingerprint density at radius 3 is 2.70 bits per heavy atom. The van der Waals surface area contributed by atoms with E-state index in [0.29, 0.717) is 6.04 Å². The summed E-state index contributed by atoms with van der Waals surface area (Å²) < 4.78 is 0. The molecule has 0 aromatic heterocycles. The molecule has 0 aromatic carbocycles. The average molecular weight is 284 g/mol. The van der Waals surface area contributed by atoms with Gasteiger partial charge in [0.2, 0.25) is 5.91 Å². The van der Waals surface area contributed by atoms with Crippen molar-refractivity contribution in [2.75, 3.05) is 40.8 Å². The summed E-state index contributed by atoms with van der Waals surface area (Å²) in [6.07, 6.45) is 5.60. The number of hydrogen-bond donors (Lipinski definition) is 2. The van der Waals surface area contributed by atoms with Crippen molar-refractivity contribution >= 4 is 5.91 Å². The maximum Gasteiger partial charge on any atom is 0.237 e. The number of likely N-dealkylation sites (tertiary alicyclic amines) is 1. The lowest BCUT2D eigenvalue weighted by Crippen LogP contribution is -2.51. The minimum absolute atomic E-state index is 0.258. The normalized spacial score (nSPS) is 23.1. The molecule has 0 saturated carbocycles. The second kappa shape index (κ2) is 7.96. The van der Waals surface area contributed by atoms with E-state index in [4.69, 9.17) is 5.73 Å². The minimum atomic E-state index is -0.561. The summed E-state index contributed by atoms with van der Waals surface area (Å²) in [4.78, 5) is 16.3. The number of nitrogens with two attached hydrogens (primary N) is 1. The molecule has 1 saturated heterocycles. The van der Waals surface area contributed by atoms with Crippen LogP contribution in [-0.2, 0) is 4.79 Å². The van der Waals surface area contributed by atoms with Gasteiger partial charge < -0.3 is 16.0 Å². The van der Waals surface area contributed by atoms with Gasteiger partial charge >= 0.3 is 0 Å². The van der Waals surface area contributed by atoms with Crippen molar-refractivity contribution in [3.8, 4) is 0 Å². The molecule has 20 heavy (non-hydrogen) atoms. The molecular formula is C15H32N4O. The number of amides is 1. The molecule has 5 nitrogen and oxygen atoms in total. The topological polar surface area (TPSA) is 61.6 Å². The molecule has 1 fully saturated rings. The highest BCUT2D eigenvalue weighted by molar-refractivity contribution is 5.84. The number of likely N-dealkylation sites (N-methyl/N-ethyl adjacent to an activating group) is 2. The number of rotatable bonds is 9. The van der Waals surface area contributed by atoms with Crippen molar-refractivity contribution in [1.29, 1.82) is 0 Å². The first-order chi connectivity index (χ1) is 9.39. The number of nitrogens with one attached hydrogen (secondary N) is 1. The van der Waals surface area contributed by atoms with Crippen molar-refractivity contribution in [3.63, 3.8) is 0 Å². The van der Waals surface area contributed by atoms with E-state index in [1.807, 2.05) is 6.92 Å². The number of primary amides is 1. The Hall–Kier alpha value is -0.650. The quantitative estimate of drug-likeness (QED) is 0.610. The summed E-state index contributed by atoms with van der Waals surface area (Å²) in [5, 5.41) is 3.05. The fourth-order valence-electron chi connectivity index (χ4n) is 2.98.